The summed E-state index contributed by atoms with van der Waals surface area (Å²) in [4.78, 5) is 7.81. The first-order valence-electron chi connectivity index (χ1n) is 8.48. The quantitative estimate of drug-likeness (QED) is 0.764. The molecule has 5 rings (SSSR count). The second-order valence-electron chi connectivity index (χ2n) is 6.85. The molecule has 0 saturated heterocycles. The Morgan fingerprint density at radius 2 is 2.17 bits per heavy atom. The molecule has 0 atom stereocenters. The first-order chi connectivity index (χ1) is 11.7. The molecule has 0 unspecified atom stereocenters. The Labute approximate surface area is 139 Å². The van der Waals surface area contributed by atoms with Gasteiger partial charge in [-0.15, -0.1) is 0 Å². The van der Waals surface area contributed by atoms with E-state index in [0.717, 1.165) is 28.2 Å². The summed E-state index contributed by atoms with van der Waals surface area (Å²) in [6.07, 6.45) is 8.45. The molecule has 0 radical (unpaired) electrons. The van der Waals surface area contributed by atoms with Gasteiger partial charge in [0.05, 0.1) is 29.2 Å². The molecule has 2 fully saturated rings. The molecule has 3 heterocycles. The standard InChI is InChI=1S/C18H18N6/c1-10-15(9-21-24(10)13-4-5-13)22-16-6-14(11-2-3-11)17-12(7-19)8-20-18(17)23-16/h6,8-9,11,13H,2-5H2,1H3,(H2,20,22,23). The van der Waals surface area contributed by atoms with E-state index in [-0.39, 0.29) is 0 Å². The van der Waals surface area contributed by atoms with E-state index < -0.39 is 0 Å². The lowest BCUT2D eigenvalue weighted by Gasteiger charge is -2.09. The van der Waals surface area contributed by atoms with Crippen LogP contribution in [0.2, 0.25) is 0 Å². The third kappa shape index (κ3) is 2.08. The van der Waals surface area contributed by atoms with E-state index in [2.05, 4.69) is 44.1 Å². The van der Waals surface area contributed by atoms with E-state index in [4.69, 9.17) is 0 Å². The van der Waals surface area contributed by atoms with E-state index >= 15 is 0 Å². The lowest BCUT2D eigenvalue weighted by Crippen LogP contribution is -2.01. The van der Waals surface area contributed by atoms with Crippen LogP contribution in [-0.4, -0.2) is 19.7 Å². The number of nitriles is 1. The van der Waals surface area contributed by atoms with Crippen LogP contribution in [0, 0.1) is 18.3 Å². The minimum Gasteiger partial charge on any atom is -0.345 e. The number of aromatic amines is 1. The molecule has 2 aliphatic rings. The van der Waals surface area contributed by atoms with Crippen molar-refractivity contribution in [3.8, 4) is 6.07 Å². The first kappa shape index (κ1) is 13.6. The van der Waals surface area contributed by atoms with Gasteiger partial charge in [0.1, 0.15) is 17.5 Å². The highest BCUT2D eigenvalue weighted by Gasteiger charge is 2.29. The smallest absolute Gasteiger partial charge is 0.141 e. The Balaban J connectivity index is 1.56. The van der Waals surface area contributed by atoms with Crippen LogP contribution < -0.4 is 5.32 Å². The average molecular weight is 318 g/mol. The highest BCUT2D eigenvalue weighted by Crippen LogP contribution is 2.44. The molecule has 6 nitrogen and oxygen atoms in total. The fraction of sp³-hybridized carbons (Fsp3) is 0.389. The molecule has 3 aromatic rings. The van der Waals surface area contributed by atoms with Gasteiger partial charge in [0.25, 0.3) is 0 Å². The summed E-state index contributed by atoms with van der Waals surface area (Å²) in [5.74, 6) is 1.36. The maximum absolute atomic E-state index is 9.33. The monoisotopic (exact) mass is 318 g/mol. The van der Waals surface area contributed by atoms with Gasteiger partial charge in [-0.2, -0.15) is 10.4 Å². The van der Waals surface area contributed by atoms with Gasteiger partial charge in [-0.1, -0.05) is 0 Å². The number of nitrogens with one attached hydrogen (secondary N) is 2. The number of rotatable bonds is 4. The van der Waals surface area contributed by atoms with Crippen molar-refractivity contribution in [3.05, 3.63) is 35.3 Å². The number of nitrogens with zero attached hydrogens (tertiary/aromatic N) is 4. The molecule has 0 bridgehead atoms. The van der Waals surface area contributed by atoms with Crippen molar-refractivity contribution in [1.29, 1.82) is 5.26 Å². The molecule has 3 aromatic heterocycles. The number of hydrogen-bond donors (Lipinski definition) is 2. The van der Waals surface area contributed by atoms with Crippen LogP contribution in [0.25, 0.3) is 11.0 Å². The van der Waals surface area contributed by atoms with Gasteiger partial charge >= 0.3 is 0 Å². The van der Waals surface area contributed by atoms with Crippen molar-refractivity contribution in [1.82, 2.24) is 19.7 Å². The molecular weight excluding hydrogens is 300 g/mol. The van der Waals surface area contributed by atoms with E-state index in [1.54, 1.807) is 6.20 Å². The number of H-pyrrole nitrogens is 1. The minimum atomic E-state index is 0.550. The van der Waals surface area contributed by atoms with E-state index in [9.17, 15) is 5.26 Å². The minimum absolute atomic E-state index is 0.550. The summed E-state index contributed by atoms with van der Waals surface area (Å²) in [5, 5.41) is 18.2. The molecule has 120 valence electrons. The number of anilines is 2. The van der Waals surface area contributed by atoms with Crippen LogP contribution in [0.3, 0.4) is 0 Å². The molecule has 2 aliphatic carbocycles. The average Bonchev–Trinajstić information content (AvgIpc) is 3.50. The maximum Gasteiger partial charge on any atom is 0.141 e. The predicted molar refractivity (Wildman–Crippen MR) is 91.3 cm³/mol. The Morgan fingerprint density at radius 1 is 1.33 bits per heavy atom. The van der Waals surface area contributed by atoms with Gasteiger partial charge in [0.2, 0.25) is 0 Å². The van der Waals surface area contributed by atoms with Crippen molar-refractivity contribution in [2.75, 3.05) is 5.32 Å². The largest absolute Gasteiger partial charge is 0.345 e. The molecule has 0 spiro atoms. The van der Waals surface area contributed by atoms with Crippen molar-refractivity contribution < 1.29 is 0 Å². The Kier molecular flexibility index (Phi) is 2.75. The molecule has 0 aromatic carbocycles. The zero-order chi connectivity index (χ0) is 16.3. The first-order valence-corrected chi connectivity index (χ1v) is 8.48. The van der Waals surface area contributed by atoms with Crippen molar-refractivity contribution in [2.24, 2.45) is 0 Å². The van der Waals surface area contributed by atoms with Gasteiger partial charge in [0.15, 0.2) is 0 Å². The molecule has 0 amide bonds. The van der Waals surface area contributed by atoms with Crippen LogP contribution in [0.1, 0.15) is 54.5 Å². The Hall–Kier alpha value is -2.81. The van der Waals surface area contributed by atoms with Gasteiger partial charge in [-0.25, -0.2) is 4.98 Å². The molecular formula is C18H18N6. The number of pyridine rings is 1. The number of aromatic nitrogens is 4. The van der Waals surface area contributed by atoms with Crippen LogP contribution in [0.5, 0.6) is 0 Å². The summed E-state index contributed by atoms with van der Waals surface area (Å²) in [6.45, 7) is 2.09. The number of fused-ring (bicyclic) bond motifs is 1. The van der Waals surface area contributed by atoms with Gasteiger partial charge < -0.3 is 10.3 Å². The fourth-order valence-electron chi connectivity index (χ4n) is 3.40. The predicted octanol–water partition coefficient (Wildman–Crippen LogP) is 3.90. The van der Waals surface area contributed by atoms with E-state index in [1.807, 2.05) is 6.20 Å². The second kappa shape index (κ2) is 4.84. The Morgan fingerprint density at radius 3 is 2.88 bits per heavy atom. The van der Waals surface area contributed by atoms with Gasteiger partial charge in [-0.05, 0) is 50.2 Å². The zero-order valence-corrected chi connectivity index (χ0v) is 13.5. The van der Waals surface area contributed by atoms with Gasteiger partial charge in [0, 0.05) is 11.6 Å². The van der Waals surface area contributed by atoms with Crippen LogP contribution in [-0.2, 0) is 0 Å². The molecule has 0 aliphatic heterocycles. The summed E-state index contributed by atoms with van der Waals surface area (Å²) in [7, 11) is 0. The van der Waals surface area contributed by atoms with E-state index in [0.29, 0.717) is 17.5 Å². The van der Waals surface area contributed by atoms with Gasteiger partial charge in [-0.3, -0.25) is 4.68 Å². The lowest BCUT2D eigenvalue weighted by atomic mass is 10.1. The second-order valence-corrected chi connectivity index (χ2v) is 6.85. The lowest BCUT2D eigenvalue weighted by molar-refractivity contribution is 0.622. The van der Waals surface area contributed by atoms with E-state index in [1.165, 1.54) is 31.2 Å². The highest BCUT2D eigenvalue weighted by molar-refractivity contribution is 5.88. The molecule has 6 heteroatoms. The van der Waals surface area contributed by atoms with Crippen LogP contribution >= 0.6 is 0 Å². The number of hydrogen-bond acceptors (Lipinski definition) is 4. The third-order valence-electron chi connectivity index (χ3n) is 5.01. The topological polar surface area (TPSA) is 82.3 Å². The van der Waals surface area contributed by atoms with Crippen molar-refractivity contribution >= 4 is 22.5 Å². The summed E-state index contributed by atoms with van der Waals surface area (Å²) >= 11 is 0. The highest BCUT2D eigenvalue weighted by atomic mass is 15.3. The molecule has 2 saturated carbocycles. The fourth-order valence-corrected chi connectivity index (χ4v) is 3.40. The van der Waals surface area contributed by atoms with Crippen molar-refractivity contribution in [2.45, 2.75) is 44.6 Å². The normalized spacial score (nSPS) is 17.2. The summed E-state index contributed by atoms with van der Waals surface area (Å²) in [6, 6.07) is 4.94. The van der Waals surface area contributed by atoms with Crippen molar-refractivity contribution in [3.63, 3.8) is 0 Å². The van der Waals surface area contributed by atoms with Crippen LogP contribution in [0.4, 0.5) is 11.5 Å². The Bertz CT molecular complexity index is 981. The molecule has 2 N–H and O–H groups in total. The zero-order valence-electron chi connectivity index (χ0n) is 13.5. The molecule has 24 heavy (non-hydrogen) atoms. The van der Waals surface area contributed by atoms with Crippen LogP contribution in [0.15, 0.2) is 18.5 Å². The maximum atomic E-state index is 9.33. The SMILES string of the molecule is Cc1c(Nc2cc(C3CC3)c3c(C#N)c[nH]c3n2)cnn1C1CC1. The third-order valence-corrected chi connectivity index (χ3v) is 5.01. The summed E-state index contributed by atoms with van der Waals surface area (Å²) in [5.41, 5.74) is 4.85. The summed E-state index contributed by atoms with van der Waals surface area (Å²) < 4.78 is 2.10.